The molecular formula is C14H19BrF2N2. The highest BCUT2D eigenvalue weighted by Gasteiger charge is 2.24. The van der Waals surface area contributed by atoms with Gasteiger partial charge >= 0.3 is 0 Å². The molecule has 19 heavy (non-hydrogen) atoms. The van der Waals surface area contributed by atoms with Crippen LogP contribution in [0.1, 0.15) is 18.9 Å². The maximum absolute atomic E-state index is 13.9. The molecule has 1 aromatic rings. The van der Waals surface area contributed by atoms with Crippen LogP contribution in [-0.4, -0.2) is 42.5 Å². The smallest absolute Gasteiger partial charge is 0.144 e. The molecule has 1 aliphatic rings. The molecule has 0 saturated carbocycles. The molecule has 0 bridgehead atoms. The average Bonchev–Trinajstić information content (AvgIpc) is 2.41. The fourth-order valence-corrected chi connectivity index (χ4v) is 2.90. The van der Waals surface area contributed by atoms with Crippen molar-refractivity contribution < 1.29 is 8.78 Å². The van der Waals surface area contributed by atoms with Gasteiger partial charge in [-0.1, -0.05) is 6.92 Å². The molecule has 106 valence electrons. The van der Waals surface area contributed by atoms with Gasteiger partial charge in [-0.2, -0.15) is 0 Å². The Labute approximate surface area is 121 Å². The van der Waals surface area contributed by atoms with Crippen molar-refractivity contribution in [3.63, 3.8) is 0 Å². The molecule has 0 N–H and O–H groups in total. The summed E-state index contributed by atoms with van der Waals surface area (Å²) in [7, 11) is 2.10. The van der Waals surface area contributed by atoms with Gasteiger partial charge in [-0.3, -0.25) is 4.90 Å². The molecular weight excluding hydrogens is 314 g/mol. The summed E-state index contributed by atoms with van der Waals surface area (Å²) in [6.45, 7) is 5.12. The van der Waals surface area contributed by atoms with E-state index in [1.807, 2.05) is 0 Å². The number of piperazine rings is 1. The van der Waals surface area contributed by atoms with Gasteiger partial charge in [-0.25, -0.2) is 8.78 Å². The SMILES string of the molecule is CCC1CN(Cc2c(F)ccc(Br)c2F)CCN1C. The molecule has 0 spiro atoms. The summed E-state index contributed by atoms with van der Waals surface area (Å²) in [5, 5.41) is 0. The lowest BCUT2D eigenvalue weighted by molar-refractivity contribution is 0.0867. The van der Waals surface area contributed by atoms with Gasteiger partial charge in [-0.05, 0) is 41.5 Å². The van der Waals surface area contributed by atoms with Gasteiger partial charge in [0.05, 0.1) is 4.47 Å². The van der Waals surface area contributed by atoms with E-state index in [-0.39, 0.29) is 5.56 Å². The van der Waals surface area contributed by atoms with Crippen LogP contribution < -0.4 is 0 Å². The second kappa shape index (κ2) is 6.29. The Morgan fingerprint density at radius 1 is 1.32 bits per heavy atom. The van der Waals surface area contributed by atoms with E-state index < -0.39 is 11.6 Å². The zero-order valence-electron chi connectivity index (χ0n) is 11.3. The minimum Gasteiger partial charge on any atom is -0.301 e. The Morgan fingerprint density at radius 3 is 2.74 bits per heavy atom. The molecule has 1 aliphatic heterocycles. The summed E-state index contributed by atoms with van der Waals surface area (Å²) < 4.78 is 28.0. The van der Waals surface area contributed by atoms with Crippen molar-refractivity contribution in [2.75, 3.05) is 26.7 Å². The van der Waals surface area contributed by atoms with Crippen molar-refractivity contribution in [3.05, 3.63) is 33.8 Å². The van der Waals surface area contributed by atoms with Crippen LogP contribution in [0.4, 0.5) is 8.78 Å². The first-order valence-corrected chi connectivity index (χ1v) is 7.37. The molecule has 1 aromatic carbocycles. The van der Waals surface area contributed by atoms with Crippen molar-refractivity contribution in [2.24, 2.45) is 0 Å². The molecule has 2 nitrogen and oxygen atoms in total. The zero-order valence-corrected chi connectivity index (χ0v) is 12.9. The van der Waals surface area contributed by atoms with Gasteiger partial charge in [0.1, 0.15) is 11.6 Å². The number of likely N-dealkylation sites (N-methyl/N-ethyl adjacent to an activating group) is 1. The van der Waals surface area contributed by atoms with E-state index in [0.29, 0.717) is 17.1 Å². The van der Waals surface area contributed by atoms with E-state index in [0.717, 1.165) is 26.1 Å². The van der Waals surface area contributed by atoms with Crippen LogP contribution in [0.15, 0.2) is 16.6 Å². The summed E-state index contributed by atoms with van der Waals surface area (Å²) in [5.74, 6) is -0.945. The topological polar surface area (TPSA) is 6.48 Å². The molecule has 2 rings (SSSR count). The minimum absolute atomic E-state index is 0.161. The number of hydrogen-bond donors (Lipinski definition) is 0. The molecule has 0 radical (unpaired) electrons. The maximum Gasteiger partial charge on any atom is 0.144 e. The average molecular weight is 333 g/mol. The molecule has 5 heteroatoms. The summed E-state index contributed by atoms with van der Waals surface area (Å²) >= 11 is 3.11. The predicted octanol–water partition coefficient (Wildman–Crippen LogP) is 3.25. The normalized spacial score (nSPS) is 21.8. The largest absolute Gasteiger partial charge is 0.301 e. The van der Waals surface area contributed by atoms with E-state index in [4.69, 9.17) is 0 Å². The van der Waals surface area contributed by atoms with Crippen LogP contribution in [0, 0.1) is 11.6 Å². The van der Waals surface area contributed by atoms with Crippen LogP contribution in [0.25, 0.3) is 0 Å². The number of hydrogen-bond acceptors (Lipinski definition) is 2. The quantitative estimate of drug-likeness (QED) is 0.784. The number of halogens is 3. The second-order valence-corrected chi connectivity index (χ2v) is 5.95. The van der Waals surface area contributed by atoms with E-state index in [9.17, 15) is 8.78 Å². The standard InChI is InChI=1S/C14H19BrF2N2/c1-3-10-8-19(7-6-18(10)2)9-11-13(16)5-4-12(15)14(11)17/h4-5,10H,3,6-9H2,1-2H3. The van der Waals surface area contributed by atoms with Gasteiger partial charge in [0.15, 0.2) is 0 Å². The lowest BCUT2D eigenvalue weighted by atomic mass is 10.1. The molecule has 1 fully saturated rings. The molecule has 0 aromatic heterocycles. The van der Waals surface area contributed by atoms with Gasteiger partial charge in [0, 0.05) is 37.8 Å². The Hall–Kier alpha value is -0.520. The molecule has 0 amide bonds. The van der Waals surface area contributed by atoms with Gasteiger partial charge in [-0.15, -0.1) is 0 Å². The molecule has 1 heterocycles. The van der Waals surface area contributed by atoms with Crippen molar-refractivity contribution >= 4 is 15.9 Å². The van der Waals surface area contributed by atoms with Crippen molar-refractivity contribution in [1.82, 2.24) is 9.80 Å². The van der Waals surface area contributed by atoms with Crippen molar-refractivity contribution in [3.8, 4) is 0 Å². The van der Waals surface area contributed by atoms with Crippen LogP contribution >= 0.6 is 15.9 Å². The Balaban J connectivity index is 2.12. The van der Waals surface area contributed by atoms with Crippen LogP contribution in [0.5, 0.6) is 0 Å². The van der Waals surface area contributed by atoms with Crippen molar-refractivity contribution in [1.29, 1.82) is 0 Å². The fourth-order valence-electron chi connectivity index (χ4n) is 2.53. The molecule has 1 unspecified atom stereocenters. The Morgan fingerprint density at radius 2 is 2.05 bits per heavy atom. The van der Waals surface area contributed by atoms with Crippen LogP contribution in [-0.2, 0) is 6.54 Å². The van der Waals surface area contributed by atoms with Gasteiger partial charge in [0.25, 0.3) is 0 Å². The maximum atomic E-state index is 13.9. The lowest BCUT2D eigenvalue weighted by Gasteiger charge is -2.39. The minimum atomic E-state index is -0.480. The van der Waals surface area contributed by atoms with Gasteiger partial charge < -0.3 is 4.90 Å². The highest BCUT2D eigenvalue weighted by Crippen LogP contribution is 2.24. The van der Waals surface area contributed by atoms with E-state index in [2.05, 4.69) is 39.7 Å². The summed E-state index contributed by atoms with van der Waals surface area (Å²) in [6.07, 6.45) is 1.05. The molecule has 1 atom stereocenters. The third-order valence-electron chi connectivity index (χ3n) is 3.85. The Bertz CT molecular complexity index is 453. The van der Waals surface area contributed by atoms with E-state index >= 15 is 0 Å². The zero-order chi connectivity index (χ0) is 14.0. The van der Waals surface area contributed by atoms with Crippen molar-refractivity contribution in [2.45, 2.75) is 25.9 Å². The van der Waals surface area contributed by atoms with E-state index in [1.54, 1.807) is 0 Å². The van der Waals surface area contributed by atoms with Gasteiger partial charge in [0.2, 0.25) is 0 Å². The highest BCUT2D eigenvalue weighted by atomic mass is 79.9. The predicted molar refractivity (Wildman–Crippen MR) is 76.0 cm³/mol. The molecule has 0 aliphatic carbocycles. The highest BCUT2D eigenvalue weighted by molar-refractivity contribution is 9.10. The third-order valence-corrected chi connectivity index (χ3v) is 4.47. The second-order valence-electron chi connectivity index (χ2n) is 5.10. The van der Waals surface area contributed by atoms with E-state index in [1.165, 1.54) is 12.1 Å². The summed E-state index contributed by atoms with van der Waals surface area (Å²) in [6, 6.07) is 3.19. The number of benzene rings is 1. The third kappa shape index (κ3) is 3.33. The summed E-state index contributed by atoms with van der Waals surface area (Å²) in [5.41, 5.74) is 0.161. The fraction of sp³-hybridized carbons (Fsp3) is 0.571. The summed E-state index contributed by atoms with van der Waals surface area (Å²) in [4.78, 5) is 4.44. The Kier molecular flexibility index (Phi) is 4.92. The van der Waals surface area contributed by atoms with Crippen LogP contribution in [0.3, 0.4) is 0 Å². The first-order valence-electron chi connectivity index (χ1n) is 6.58. The number of nitrogens with zero attached hydrogens (tertiary/aromatic N) is 2. The molecule has 1 saturated heterocycles. The first-order chi connectivity index (χ1) is 9.02. The number of rotatable bonds is 3. The lowest BCUT2D eigenvalue weighted by Crippen LogP contribution is -2.50. The first kappa shape index (κ1) is 14.9. The van der Waals surface area contributed by atoms with Crippen LogP contribution in [0.2, 0.25) is 0 Å². The monoisotopic (exact) mass is 332 g/mol.